The maximum atomic E-state index is 2.54. The fourth-order valence-corrected chi connectivity index (χ4v) is 9.54. The molecule has 0 radical (unpaired) electrons. The molecule has 10 rings (SSSR count). The molecule has 3 nitrogen and oxygen atoms in total. The van der Waals surface area contributed by atoms with Gasteiger partial charge in [-0.3, -0.25) is 0 Å². The lowest BCUT2D eigenvalue weighted by atomic mass is 9.33. The van der Waals surface area contributed by atoms with Crippen LogP contribution in [0.4, 0.5) is 51.2 Å². The van der Waals surface area contributed by atoms with Crippen molar-refractivity contribution in [2.75, 3.05) is 14.7 Å². The Morgan fingerprint density at radius 2 is 0.917 bits per heavy atom. The second-order valence-electron chi connectivity index (χ2n) is 18.9. The third-order valence-electron chi connectivity index (χ3n) is 12.6. The number of nitrogens with zero attached hydrogens (tertiary/aromatic N) is 3. The quantitative estimate of drug-likeness (QED) is 0.161. The number of anilines is 9. The minimum absolute atomic E-state index is 0.0341. The van der Waals surface area contributed by atoms with Crippen LogP contribution in [0.15, 0.2) is 170 Å². The Morgan fingerprint density at radius 3 is 1.43 bits per heavy atom. The summed E-state index contributed by atoms with van der Waals surface area (Å²) in [7, 11) is 0. The number of hydrogen-bond donors (Lipinski definition) is 0. The summed E-state index contributed by atoms with van der Waals surface area (Å²) in [6.45, 7) is 18.2. The smallest absolute Gasteiger partial charge is 0.252 e. The van der Waals surface area contributed by atoms with Gasteiger partial charge in [-0.15, -0.1) is 0 Å². The lowest BCUT2D eigenvalue weighted by Crippen LogP contribution is -2.61. The highest BCUT2D eigenvalue weighted by Gasteiger charge is 2.44. The van der Waals surface area contributed by atoms with Gasteiger partial charge in [0.1, 0.15) is 0 Å². The number of aryl methyl sites for hydroxylation is 2. The molecule has 0 saturated carbocycles. The second kappa shape index (κ2) is 14.1. The average molecular weight is 778 g/mol. The van der Waals surface area contributed by atoms with Crippen molar-refractivity contribution < 1.29 is 0 Å². The van der Waals surface area contributed by atoms with Crippen LogP contribution in [0.2, 0.25) is 0 Å². The van der Waals surface area contributed by atoms with Gasteiger partial charge in [-0.05, 0) is 124 Å². The molecule has 4 heteroatoms. The first-order valence-corrected chi connectivity index (χ1v) is 21.4. The van der Waals surface area contributed by atoms with E-state index in [1.807, 2.05) is 0 Å². The van der Waals surface area contributed by atoms with Crippen molar-refractivity contribution >= 4 is 85.1 Å². The largest absolute Gasteiger partial charge is 0.311 e. The van der Waals surface area contributed by atoms with Crippen LogP contribution in [0.3, 0.4) is 0 Å². The van der Waals surface area contributed by atoms with Crippen LogP contribution < -0.4 is 31.1 Å². The zero-order valence-corrected chi connectivity index (χ0v) is 36.1. The summed E-state index contributed by atoms with van der Waals surface area (Å²) in [6.07, 6.45) is 0. The van der Waals surface area contributed by atoms with E-state index in [1.165, 1.54) is 72.2 Å². The summed E-state index contributed by atoms with van der Waals surface area (Å²) in [5, 5.41) is 2.42. The highest BCUT2D eigenvalue weighted by atomic mass is 15.2. The monoisotopic (exact) mass is 777 g/mol. The van der Waals surface area contributed by atoms with E-state index in [0.29, 0.717) is 0 Å². The lowest BCUT2D eigenvalue weighted by Gasteiger charge is -2.45. The van der Waals surface area contributed by atoms with Crippen molar-refractivity contribution in [1.29, 1.82) is 0 Å². The Bertz CT molecular complexity index is 2780. The molecule has 2 aliphatic rings. The molecular weight excluding hydrogens is 725 g/mol. The predicted molar refractivity (Wildman–Crippen MR) is 260 cm³/mol. The van der Waals surface area contributed by atoms with Crippen LogP contribution in [0.25, 0.3) is 10.8 Å². The third-order valence-corrected chi connectivity index (χ3v) is 12.6. The first kappa shape index (κ1) is 37.7. The fourth-order valence-electron chi connectivity index (χ4n) is 9.54. The van der Waals surface area contributed by atoms with E-state index in [4.69, 9.17) is 0 Å². The molecule has 0 saturated heterocycles. The van der Waals surface area contributed by atoms with Crippen LogP contribution in [0, 0.1) is 13.8 Å². The molecule has 0 aromatic heterocycles. The number of rotatable bonds is 5. The Labute approximate surface area is 356 Å². The van der Waals surface area contributed by atoms with Crippen LogP contribution in [-0.4, -0.2) is 6.71 Å². The van der Waals surface area contributed by atoms with Crippen molar-refractivity contribution in [3.63, 3.8) is 0 Å². The van der Waals surface area contributed by atoms with Crippen molar-refractivity contribution in [3.05, 3.63) is 192 Å². The van der Waals surface area contributed by atoms with Gasteiger partial charge in [0.25, 0.3) is 6.71 Å². The second-order valence-corrected chi connectivity index (χ2v) is 18.9. The van der Waals surface area contributed by atoms with E-state index in [0.717, 1.165) is 28.4 Å². The minimum Gasteiger partial charge on any atom is -0.311 e. The van der Waals surface area contributed by atoms with Gasteiger partial charge < -0.3 is 14.7 Å². The van der Waals surface area contributed by atoms with E-state index in [9.17, 15) is 0 Å². The zero-order valence-electron chi connectivity index (χ0n) is 36.1. The number of fused-ring (bicyclic) bond motifs is 5. The molecule has 0 aliphatic carbocycles. The van der Waals surface area contributed by atoms with Crippen molar-refractivity contribution in [2.45, 2.75) is 66.2 Å². The Morgan fingerprint density at radius 1 is 0.433 bits per heavy atom. The first-order valence-electron chi connectivity index (χ1n) is 21.4. The molecule has 0 spiro atoms. The standard InChI is InChI=1S/C56H52BN3/c1-37-21-31-50-47(33-37)57-48-34-38(2)22-32-51(48)60(44-29-25-41(26-30-44)56(6,7)8)53-36-45(35-52(54(53)57)59(50)43-27-23-40(24-28-43)55(3,4)5)58(42-17-10-9-11-18-42)49-20-14-16-39-15-12-13-19-46(39)49/h9-36H,1-8H3. The molecule has 60 heavy (non-hydrogen) atoms. The molecule has 0 amide bonds. The van der Waals surface area contributed by atoms with Gasteiger partial charge in [0, 0.05) is 45.2 Å². The Hall–Kier alpha value is -6.52. The van der Waals surface area contributed by atoms with Gasteiger partial charge in [-0.1, -0.05) is 156 Å². The predicted octanol–water partition coefficient (Wildman–Crippen LogP) is 13.6. The number of benzene rings is 8. The SMILES string of the molecule is Cc1ccc2c(c1)B1c3cc(C)ccc3N(c3ccc(C(C)(C)C)cc3)c3cc(N(c4ccccc4)c4cccc5ccccc45)cc(c31)N2c1ccc(C(C)(C)C)cc1. The molecule has 8 aromatic rings. The average Bonchev–Trinajstić information content (AvgIpc) is 3.24. The molecule has 0 bridgehead atoms. The Kier molecular flexibility index (Phi) is 8.84. The maximum absolute atomic E-state index is 2.54. The Balaban J connectivity index is 1.33. The zero-order chi connectivity index (χ0) is 41.5. The summed E-state index contributed by atoms with van der Waals surface area (Å²) in [4.78, 5) is 7.53. The summed E-state index contributed by atoms with van der Waals surface area (Å²) in [5.41, 5.74) is 19.7. The van der Waals surface area contributed by atoms with Crippen molar-refractivity contribution in [3.8, 4) is 0 Å². The fraction of sp³-hybridized carbons (Fsp3) is 0.179. The van der Waals surface area contributed by atoms with Crippen LogP contribution >= 0.6 is 0 Å². The lowest BCUT2D eigenvalue weighted by molar-refractivity contribution is 0.590. The van der Waals surface area contributed by atoms with Gasteiger partial charge in [-0.2, -0.15) is 0 Å². The van der Waals surface area contributed by atoms with E-state index < -0.39 is 0 Å². The van der Waals surface area contributed by atoms with Gasteiger partial charge >= 0.3 is 0 Å². The molecule has 0 fully saturated rings. The van der Waals surface area contributed by atoms with E-state index >= 15 is 0 Å². The molecule has 0 atom stereocenters. The summed E-state index contributed by atoms with van der Waals surface area (Å²) in [6, 6.07) is 63.9. The van der Waals surface area contributed by atoms with Crippen LogP contribution in [0.1, 0.15) is 63.8 Å². The summed E-state index contributed by atoms with van der Waals surface area (Å²) in [5.74, 6) is 0. The van der Waals surface area contributed by atoms with E-state index in [1.54, 1.807) is 0 Å². The molecule has 0 N–H and O–H groups in total. The van der Waals surface area contributed by atoms with Gasteiger partial charge in [0.2, 0.25) is 0 Å². The first-order chi connectivity index (χ1) is 28.8. The molecule has 294 valence electrons. The molecule has 0 unspecified atom stereocenters. The van der Waals surface area contributed by atoms with E-state index in [-0.39, 0.29) is 17.5 Å². The third kappa shape index (κ3) is 6.29. The normalized spacial score (nSPS) is 13.2. The molecular formula is C56H52BN3. The van der Waals surface area contributed by atoms with Gasteiger partial charge in [0.05, 0.1) is 11.4 Å². The van der Waals surface area contributed by atoms with Gasteiger partial charge in [0.15, 0.2) is 0 Å². The summed E-state index contributed by atoms with van der Waals surface area (Å²) < 4.78 is 0. The molecule has 2 aliphatic heterocycles. The van der Waals surface area contributed by atoms with Crippen molar-refractivity contribution in [1.82, 2.24) is 0 Å². The molecule has 8 aromatic carbocycles. The minimum atomic E-state index is 0.0341. The maximum Gasteiger partial charge on any atom is 0.252 e. The van der Waals surface area contributed by atoms with Crippen molar-refractivity contribution in [2.24, 2.45) is 0 Å². The number of hydrogen-bond acceptors (Lipinski definition) is 3. The van der Waals surface area contributed by atoms with Crippen LogP contribution in [-0.2, 0) is 10.8 Å². The van der Waals surface area contributed by atoms with Gasteiger partial charge in [-0.25, -0.2) is 0 Å². The topological polar surface area (TPSA) is 9.72 Å². The van der Waals surface area contributed by atoms with Crippen LogP contribution in [0.5, 0.6) is 0 Å². The van der Waals surface area contributed by atoms with E-state index in [2.05, 4.69) is 240 Å². The highest BCUT2D eigenvalue weighted by molar-refractivity contribution is 7.00. The number of para-hydroxylation sites is 1. The summed E-state index contributed by atoms with van der Waals surface area (Å²) >= 11 is 0. The highest BCUT2D eigenvalue weighted by Crippen LogP contribution is 2.49. The molecule has 2 heterocycles.